The van der Waals surface area contributed by atoms with E-state index in [0.29, 0.717) is 0 Å². The summed E-state index contributed by atoms with van der Waals surface area (Å²) in [6, 6.07) is 10.8. The Balaban J connectivity index is 2.94. The van der Waals surface area contributed by atoms with Crippen molar-refractivity contribution in [1.29, 1.82) is 0 Å². The van der Waals surface area contributed by atoms with Gasteiger partial charge in [0.2, 0.25) is 0 Å². The topological polar surface area (TPSA) is 3.24 Å². The molecule has 0 atom stereocenters. The second-order valence-electron chi connectivity index (χ2n) is 5.01. The highest BCUT2D eigenvalue weighted by Crippen LogP contribution is 2.15. The van der Waals surface area contributed by atoms with Crippen LogP contribution in [0.1, 0.15) is 12.5 Å². The summed E-state index contributed by atoms with van der Waals surface area (Å²) in [4.78, 5) is 2.21. The summed E-state index contributed by atoms with van der Waals surface area (Å²) in [5.74, 6) is 0. The van der Waals surface area contributed by atoms with Gasteiger partial charge < -0.3 is 4.90 Å². The maximum Gasteiger partial charge on any atom is 0.0239 e. The van der Waals surface area contributed by atoms with E-state index in [1.54, 1.807) is 0 Å². The minimum absolute atomic E-state index is 0.943. The van der Waals surface area contributed by atoms with Crippen molar-refractivity contribution in [3.63, 3.8) is 0 Å². The third-order valence-electron chi connectivity index (χ3n) is 3.29. The van der Waals surface area contributed by atoms with Crippen LogP contribution in [0.2, 0.25) is 0 Å². The van der Waals surface area contributed by atoms with Gasteiger partial charge in [-0.15, -0.1) is 0 Å². The van der Waals surface area contributed by atoms with Crippen molar-refractivity contribution < 1.29 is 0 Å². The van der Waals surface area contributed by atoms with E-state index in [4.69, 9.17) is 0 Å². The Hall–Kier alpha value is -1.86. The Morgan fingerprint density at radius 2 is 1.95 bits per heavy atom. The molecule has 0 aliphatic heterocycles. The Kier molecular flexibility index (Phi) is 4.18. The van der Waals surface area contributed by atoms with Crippen LogP contribution in [0.15, 0.2) is 43.0 Å². The average Bonchev–Trinajstić information content (AvgIpc) is 2.39. The molecule has 0 amide bonds. The van der Waals surface area contributed by atoms with Gasteiger partial charge in [-0.2, -0.15) is 0 Å². The largest absolute Gasteiger partial charge is 0.305 e. The zero-order valence-corrected chi connectivity index (χ0v) is 12.0. The van der Waals surface area contributed by atoms with Crippen molar-refractivity contribution in [2.75, 3.05) is 14.1 Å². The number of nitrogens with zero attached hydrogens (tertiary/aromatic N) is 1. The van der Waals surface area contributed by atoms with Gasteiger partial charge in [-0.3, -0.25) is 0 Å². The molecule has 19 heavy (non-hydrogen) atoms. The van der Waals surface area contributed by atoms with Crippen molar-refractivity contribution >= 4 is 22.9 Å². The maximum absolute atomic E-state index is 3.82. The molecule has 1 nitrogen and oxygen atoms in total. The summed E-state index contributed by atoms with van der Waals surface area (Å²) in [6.45, 7) is 6.87. The Labute approximate surface area is 115 Å². The number of rotatable bonds is 3. The molecule has 0 aliphatic carbocycles. The van der Waals surface area contributed by atoms with Gasteiger partial charge in [0.1, 0.15) is 0 Å². The highest BCUT2D eigenvalue weighted by molar-refractivity contribution is 5.86. The van der Waals surface area contributed by atoms with Gasteiger partial charge in [0.25, 0.3) is 0 Å². The Bertz CT molecular complexity index is 708. The summed E-state index contributed by atoms with van der Waals surface area (Å²) in [5.41, 5.74) is 1.39. The minimum atomic E-state index is 0.943. The normalized spacial score (nSPS) is 13.5. The standard InChI is InChI=1S/C18H21N/c1-5-9-14-12-15-10-7-8-11-17(15)18(13-19(3)4)16(14)6-2/h5-12H,1,13H2,2-4H3/b14-9-,16-6+. The van der Waals surface area contributed by atoms with Gasteiger partial charge in [0.05, 0.1) is 0 Å². The van der Waals surface area contributed by atoms with Crippen molar-refractivity contribution in [3.05, 3.63) is 59.0 Å². The Morgan fingerprint density at radius 1 is 1.21 bits per heavy atom. The first-order valence-corrected chi connectivity index (χ1v) is 6.62. The SMILES string of the molecule is C=C/C=c1/cc2ccccc2c(CN(C)C)/c1=C/C. The molecule has 0 bridgehead atoms. The highest BCUT2D eigenvalue weighted by atomic mass is 15.0. The molecule has 0 unspecified atom stereocenters. The second kappa shape index (κ2) is 5.85. The van der Waals surface area contributed by atoms with Crippen LogP contribution in [-0.4, -0.2) is 19.0 Å². The van der Waals surface area contributed by atoms with Crippen molar-refractivity contribution in [1.82, 2.24) is 4.90 Å². The van der Waals surface area contributed by atoms with Gasteiger partial charge in [-0.1, -0.05) is 49.1 Å². The van der Waals surface area contributed by atoms with Crippen LogP contribution in [0, 0.1) is 0 Å². The molecule has 2 aromatic rings. The zero-order valence-electron chi connectivity index (χ0n) is 12.0. The van der Waals surface area contributed by atoms with Crippen LogP contribution >= 0.6 is 0 Å². The van der Waals surface area contributed by atoms with Crippen LogP contribution in [0.25, 0.3) is 22.9 Å². The predicted octanol–water partition coefficient (Wildman–Crippen LogP) is 2.67. The van der Waals surface area contributed by atoms with E-state index >= 15 is 0 Å². The Morgan fingerprint density at radius 3 is 2.58 bits per heavy atom. The van der Waals surface area contributed by atoms with Crippen LogP contribution < -0.4 is 10.4 Å². The third kappa shape index (κ3) is 2.77. The molecular weight excluding hydrogens is 230 g/mol. The summed E-state index contributed by atoms with van der Waals surface area (Å²) in [7, 11) is 4.22. The smallest absolute Gasteiger partial charge is 0.0239 e. The van der Waals surface area contributed by atoms with Crippen molar-refractivity contribution in [2.45, 2.75) is 13.5 Å². The van der Waals surface area contributed by atoms with Gasteiger partial charge in [-0.05, 0) is 53.9 Å². The van der Waals surface area contributed by atoms with E-state index in [0.717, 1.165) is 6.54 Å². The molecular formula is C18H21N. The van der Waals surface area contributed by atoms with E-state index < -0.39 is 0 Å². The van der Waals surface area contributed by atoms with Crippen LogP contribution in [0.4, 0.5) is 0 Å². The third-order valence-corrected chi connectivity index (χ3v) is 3.29. The molecule has 0 radical (unpaired) electrons. The lowest BCUT2D eigenvalue weighted by Gasteiger charge is -2.14. The number of fused-ring (bicyclic) bond motifs is 1. The molecule has 0 fully saturated rings. The fraction of sp³-hybridized carbons (Fsp3) is 0.222. The van der Waals surface area contributed by atoms with Gasteiger partial charge >= 0.3 is 0 Å². The van der Waals surface area contributed by atoms with E-state index in [1.807, 2.05) is 6.08 Å². The quantitative estimate of drug-likeness (QED) is 0.810. The molecule has 0 heterocycles. The van der Waals surface area contributed by atoms with Gasteiger partial charge in [0.15, 0.2) is 0 Å². The van der Waals surface area contributed by atoms with Crippen LogP contribution in [0.3, 0.4) is 0 Å². The first-order valence-electron chi connectivity index (χ1n) is 6.62. The fourth-order valence-electron chi connectivity index (χ4n) is 2.55. The maximum atomic E-state index is 3.82. The summed E-state index contributed by atoms with van der Waals surface area (Å²) >= 11 is 0. The van der Waals surface area contributed by atoms with Crippen molar-refractivity contribution in [2.24, 2.45) is 0 Å². The van der Waals surface area contributed by atoms with E-state index in [-0.39, 0.29) is 0 Å². The van der Waals surface area contributed by atoms with Crippen LogP contribution in [-0.2, 0) is 6.54 Å². The second-order valence-corrected chi connectivity index (χ2v) is 5.01. The summed E-state index contributed by atoms with van der Waals surface area (Å²) in [5, 5.41) is 5.18. The summed E-state index contributed by atoms with van der Waals surface area (Å²) < 4.78 is 0. The lowest BCUT2D eigenvalue weighted by Crippen LogP contribution is -2.31. The first-order chi connectivity index (χ1) is 9.17. The number of hydrogen-bond acceptors (Lipinski definition) is 1. The highest BCUT2D eigenvalue weighted by Gasteiger charge is 2.05. The van der Waals surface area contributed by atoms with Crippen LogP contribution in [0.5, 0.6) is 0 Å². The molecule has 2 aromatic carbocycles. The molecule has 1 heteroatoms. The van der Waals surface area contributed by atoms with Gasteiger partial charge in [0, 0.05) is 6.54 Å². The molecule has 0 aliphatic rings. The molecule has 0 saturated heterocycles. The number of hydrogen-bond donors (Lipinski definition) is 0. The molecule has 0 N–H and O–H groups in total. The molecule has 2 rings (SSSR count). The lowest BCUT2D eigenvalue weighted by molar-refractivity contribution is 0.403. The van der Waals surface area contributed by atoms with Crippen molar-refractivity contribution in [3.8, 4) is 0 Å². The molecule has 0 spiro atoms. The molecule has 0 saturated carbocycles. The first kappa shape index (κ1) is 13.6. The van der Waals surface area contributed by atoms with E-state index in [9.17, 15) is 0 Å². The van der Waals surface area contributed by atoms with E-state index in [1.165, 1.54) is 26.8 Å². The average molecular weight is 251 g/mol. The van der Waals surface area contributed by atoms with Gasteiger partial charge in [-0.25, -0.2) is 0 Å². The molecule has 0 aromatic heterocycles. The fourth-order valence-corrected chi connectivity index (χ4v) is 2.55. The lowest BCUT2D eigenvalue weighted by atomic mass is 9.99. The summed E-state index contributed by atoms with van der Waals surface area (Å²) in [6.07, 6.45) is 6.14. The number of benzene rings is 2. The molecule has 98 valence electrons. The number of allylic oxidation sites excluding steroid dienone is 1. The predicted molar refractivity (Wildman–Crippen MR) is 85.4 cm³/mol. The zero-order chi connectivity index (χ0) is 13.8. The monoisotopic (exact) mass is 251 g/mol. The van der Waals surface area contributed by atoms with E-state index in [2.05, 4.69) is 75.0 Å². The minimum Gasteiger partial charge on any atom is -0.305 e.